The highest BCUT2D eigenvalue weighted by atomic mass is 16.5. The van der Waals surface area contributed by atoms with Crippen LogP contribution in [0.4, 0.5) is 0 Å². The summed E-state index contributed by atoms with van der Waals surface area (Å²) in [6.45, 7) is 7.54. The summed E-state index contributed by atoms with van der Waals surface area (Å²) in [6.07, 6.45) is 9.57. The Morgan fingerprint density at radius 1 is 1.10 bits per heavy atom. The van der Waals surface area contributed by atoms with E-state index < -0.39 is 0 Å². The lowest BCUT2D eigenvalue weighted by molar-refractivity contribution is -0.0110. The molecule has 0 aromatic carbocycles. The minimum absolute atomic E-state index is 0.145. The zero-order valence-electron chi connectivity index (χ0n) is 13.7. The van der Waals surface area contributed by atoms with Crippen molar-refractivity contribution in [2.75, 3.05) is 39.4 Å². The Labute approximate surface area is 130 Å². The summed E-state index contributed by atoms with van der Waals surface area (Å²) in [7, 11) is 0. The van der Waals surface area contributed by atoms with Crippen LogP contribution in [-0.4, -0.2) is 61.5 Å². The molecule has 1 saturated heterocycles. The fourth-order valence-corrected chi connectivity index (χ4v) is 3.94. The van der Waals surface area contributed by atoms with Gasteiger partial charge in [-0.25, -0.2) is 0 Å². The zero-order valence-corrected chi connectivity index (χ0v) is 13.7. The summed E-state index contributed by atoms with van der Waals surface area (Å²) < 4.78 is 5.66. The van der Waals surface area contributed by atoms with Crippen LogP contribution in [0.1, 0.15) is 51.9 Å². The van der Waals surface area contributed by atoms with E-state index in [0.717, 1.165) is 44.4 Å². The largest absolute Gasteiger partial charge is 0.394 e. The van der Waals surface area contributed by atoms with Crippen molar-refractivity contribution < 1.29 is 9.84 Å². The fourth-order valence-electron chi connectivity index (χ4n) is 3.94. The van der Waals surface area contributed by atoms with Gasteiger partial charge in [0.15, 0.2) is 0 Å². The lowest BCUT2D eigenvalue weighted by Gasteiger charge is -2.36. The maximum absolute atomic E-state index is 8.83. The lowest BCUT2D eigenvalue weighted by Crippen LogP contribution is -2.45. The van der Waals surface area contributed by atoms with Crippen LogP contribution in [0.15, 0.2) is 0 Å². The highest BCUT2D eigenvalue weighted by Crippen LogP contribution is 2.26. The molecule has 1 heterocycles. The average molecular weight is 298 g/mol. The number of nitrogens with one attached hydrogen (secondary N) is 1. The summed E-state index contributed by atoms with van der Waals surface area (Å²) >= 11 is 0. The molecule has 2 unspecified atom stereocenters. The first kappa shape index (κ1) is 17.2. The molecule has 0 aromatic heterocycles. The van der Waals surface area contributed by atoms with Gasteiger partial charge in [0.1, 0.15) is 0 Å². The maximum Gasteiger partial charge on any atom is 0.0701 e. The van der Waals surface area contributed by atoms with Gasteiger partial charge in [0.25, 0.3) is 0 Å². The van der Waals surface area contributed by atoms with Gasteiger partial charge in [-0.05, 0) is 38.1 Å². The van der Waals surface area contributed by atoms with Gasteiger partial charge in [-0.1, -0.05) is 26.2 Å². The summed E-state index contributed by atoms with van der Waals surface area (Å²) in [6, 6.07) is 0.723. The Hall–Kier alpha value is -0.160. The molecular weight excluding hydrogens is 264 g/mol. The third kappa shape index (κ3) is 5.85. The molecule has 1 aliphatic carbocycles. The number of aliphatic hydroxyl groups excluding tert-OH is 1. The maximum atomic E-state index is 8.83. The number of hydrogen-bond donors (Lipinski definition) is 2. The van der Waals surface area contributed by atoms with E-state index in [9.17, 15) is 0 Å². The van der Waals surface area contributed by atoms with Crippen LogP contribution in [-0.2, 0) is 4.74 Å². The Bertz CT molecular complexity index is 268. The van der Waals surface area contributed by atoms with Gasteiger partial charge in [0.2, 0.25) is 0 Å². The molecule has 0 spiro atoms. The molecule has 2 fully saturated rings. The fraction of sp³-hybridized carbons (Fsp3) is 1.00. The van der Waals surface area contributed by atoms with E-state index >= 15 is 0 Å². The first-order chi connectivity index (χ1) is 10.3. The second-order valence-electron chi connectivity index (χ2n) is 6.66. The third-order valence-corrected chi connectivity index (χ3v) is 5.10. The van der Waals surface area contributed by atoms with Crippen molar-refractivity contribution in [1.29, 1.82) is 0 Å². The minimum Gasteiger partial charge on any atom is -0.394 e. The quantitative estimate of drug-likeness (QED) is 0.706. The van der Waals surface area contributed by atoms with Crippen LogP contribution in [0.3, 0.4) is 0 Å². The first-order valence-corrected chi connectivity index (χ1v) is 9.01. The molecule has 124 valence electrons. The average Bonchev–Trinajstić information content (AvgIpc) is 2.73. The Balaban J connectivity index is 1.75. The molecule has 0 radical (unpaired) electrons. The van der Waals surface area contributed by atoms with Crippen molar-refractivity contribution >= 4 is 0 Å². The second kappa shape index (κ2) is 9.78. The number of aliphatic hydroxyl groups is 1. The Morgan fingerprint density at radius 2 is 1.86 bits per heavy atom. The molecule has 0 amide bonds. The normalized spacial score (nSPS) is 29.4. The molecule has 0 bridgehead atoms. The summed E-state index contributed by atoms with van der Waals surface area (Å²) in [5, 5.41) is 12.6. The predicted molar refractivity (Wildman–Crippen MR) is 86.5 cm³/mol. The van der Waals surface area contributed by atoms with Crippen LogP contribution < -0.4 is 5.32 Å². The van der Waals surface area contributed by atoms with E-state index in [-0.39, 0.29) is 6.61 Å². The van der Waals surface area contributed by atoms with Gasteiger partial charge < -0.3 is 20.1 Å². The number of ether oxygens (including phenoxy) is 1. The summed E-state index contributed by atoms with van der Waals surface area (Å²) in [5.74, 6) is 0.822. The number of piperidine rings is 1. The van der Waals surface area contributed by atoms with Crippen LogP contribution >= 0.6 is 0 Å². The van der Waals surface area contributed by atoms with Crippen LogP contribution in [0.5, 0.6) is 0 Å². The highest BCUT2D eigenvalue weighted by molar-refractivity contribution is 4.83. The molecule has 2 rings (SSSR count). The molecule has 1 aliphatic heterocycles. The van der Waals surface area contributed by atoms with Crippen molar-refractivity contribution in [3.05, 3.63) is 0 Å². The van der Waals surface area contributed by atoms with Crippen molar-refractivity contribution in [2.24, 2.45) is 5.92 Å². The van der Waals surface area contributed by atoms with Gasteiger partial charge in [0, 0.05) is 25.7 Å². The Morgan fingerprint density at radius 3 is 2.57 bits per heavy atom. The number of hydrogen-bond acceptors (Lipinski definition) is 4. The monoisotopic (exact) mass is 298 g/mol. The number of likely N-dealkylation sites (tertiary alicyclic amines) is 1. The third-order valence-electron chi connectivity index (χ3n) is 5.10. The first-order valence-electron chi connectivity index (χ1n) is 9.01. The molecule has 0 aromatic rings. The SMILES string of the molecule is CCNC1CCCCCC1CN1CCC(OCCO)CC1. The number of nitrogens with zero attached hydrogens (tertiary/aromatic N) is 1. The van der Waals surface area contributed by atoms with E-state index in [1.807, 2.05) is 0 Å². The lowest BCUT2D eigenvalue weighted by atomic mass is 9.93. The molecule has 2 atom stereocenters. The topological polar surface area (TPSA) is 44.7 Å². The zero-order chi connectivity index (χ0) is 14.9. The standard InChI is InChI=1S/C17H34N2O2/c1-2-18-17-7-5-3-4-6-15(17)14-19-10-8-16(9-11-19)21-13-12-20/h15-18,20H,2-14H2,1H3. The highest BCUT2D eigenvalue weighted by Gasteiger charge is 2.27. The van der Waals surface area contributed by atoms with Crippen molar-refractivity contribution in [3.63, 3.8) is 0 Å². The smallest absolute Gasteiger partial charge is 0.0701 e. The van der Waals surface area contributed by atoms with Crippen molar-refractivity contribution in [3.8, 4) is 0 Å². The van der Waals surface area contributed by atoms with Crippen molar-refractivity contribution in [1.82, 2.24) is 10.2 Å². The van der Waals surface area contributed by atoms with Crippen LogP contribution in [0.25, 0.3) is 0 Å². The van der Waals surface area contributed by atoms with E-state index in [2.05, 4.69) is 17.1 Å². The predicted octanol–water partition coefficient (Wildman–Crippen LogP) is 2.02. The summed E-state index contributed by atoms with van der Waals surface area (Å²) in [4.78, 5) is 2.64. The minimum atomic E-state index is 0.145. The van der Waals surface area contributed by atoms with E-state index in [4.69, 9.17) is 9.84 Å². The van der Waals surface area contributed by atoms with Gasteiger partial charge in [-0.2, -0.15) is 0 Å². The van der Waals surface area contributed by atoms with Gasteiger partial charge in [0.05, 0.1) is 19.3 Å². The molecule has 4 heteroatoms. The summed E-state index contributed by atoms with van der Waals surface area (Å²) in [5.41, 5.74) is 0. The van der Waals surface area contributed by atoms with Crippen LogP contribution in [0.2, 0.25) is 0 Å². The molecule has 4 nitrogen and oxygen atoms in total. The molecule has 21 heavy (non-hydrogen) atoms. The number of rotatable bonds is 7. The Kier molecular flexibility index (Phi) is 8.01. The molecule has 1 saturated carbocycles. The van der Waals surface area contributed by atoms with E-state index in [1.165, 1.54) is 38.6 Å². The van der Waals surface area contributed by atoms with Crippen LogP contribution in [0, 0.1) is 5.92 Å². The molecule has 2 N–H and O–H groups in total. The van der Waals surface area contributed by atoms with Gasteiger partial charge >= 0.3 is 0 Å². The van der Waals surface area contributed by atoms with Crippen molar-refractivity contribution in [2.45, 2.75) is 64.0 Å². The van der Waals surface area contributed by atoms with Gasteiger partial charge in [-0.15, -0.1) is 0 Å². The second-order valence-corrected chi connectivity index (χ2v) is 6.66. The van der Waals surface area contributed by atoms with E-state index in [0.29, 0.717) is 12.7 Å². The molecule has 2 aliphatic rings. The molecular formula is C17H34N2O2. The van der Waals surface area contributed by atoms with E-state index in [1.54, 1.807) is 0 Å². The van der Waals surface area contributed by atoms with Gasteiger partial charge in [-0.3, -0.25) is 0 Å².